The average molecular weight is 563 g/mol. The smallest absolute Gasteiger partial charge is 0.359 e. The first kappa shape index (κ1) is 31.6. The Morgan fingerprint density at radius 2 is 1.61 bits per heavy atom. The van der Waals surface area contributed by atoms with Gasteiger partial charge in [0.05, 0.1) is 10.8 Å². The molecule has 0 saturated carbocycles. The van der Waals surface area contributed by atoms with E-state index in [0.29, 0.717) is 0 Å². The fourth-order valence-corrected chi connectivity index (χ4v) is 4.02. The van der Waals surface area contributed by atoms with Crippen molar-refractivity contribution in [2.75, 3.05) is 20.7 Å². The number of aliphatic hydroxyl groups is 1. The molecular weight excluding hydrogens is 527 g/mol. The number of aromatic amines is 1. The van der Waals surface area contributed by atoms with Gasteiger partial charge in [-0.05, 0) is 47.6 Å². The van der Waals surface area contributed by atoms with E-state index < -0.39 is 79.7 Å². The first-order valence-corrected chi connectivity index (χ1v) is 13.2. The molecule has 1 fully saturated rings. The molecule has 0 aromatic carbocycles. The molecule has 4 atom stereocenters. The summed E-state index contributed by atoms with van der Waals surface area (Å²) >= 11 is 0. The van der Waals surface area contributed by atoms with Gasteiger partial charge in [-0.3, -0.25) is 37.5 Å². The standard InChI is InChI=1S/C23H35N2O12P/c1-22(2,3)19(28)33-12-35-38(31,36-13-34-20(29)23(4,5)6)11-9-14-16(27)17(32-7)18(37-14)25-10-8-15(26)24-21(25)30/h8-11,14,16-18,27H,12-13H2,1-7H3,(H,24,26,30)/b11-9-/t14-,16?,17+,18-/m1/s1. The zero-order chi connectivity index (χ0) is 28.9. The zero-order valence-corrected chi connectivity index (χ0v) is 23.3. The lowest BCUT2D eigenvalue weighted by molar-refractivity contribution is -0.161. The molecule has 14 nitrogen and oxygen atoms in total. The van der Waals surface area contributed by atoms with Crippen LogP contribution >= 0.6 is 7.60 Å². The number of H-pyrrole nitrogens is 1. The Bertz CT molecular complexity index is 1140. The van der Waals surface area contributed by atoms with E-state index in [0.717, 1.165) is 22.5 Å². The number of aliphatic hydroxyl groups excluding tert-OH is 1. The van der Waals surface area contributed by atoms with E-state index in [4.69, 9.17) is 28.0 Å². The van der Waals surface area contributed by atoms with Crippen LogP contribution in [0.1, 0.15) is 47.8 Å². The average Bonchev–Trinajstić information content (AvgIpc) is 3.11. The Hall–Kier alpha value is -2.61. The molecule has 15 heteroatoms. The number of aromatic nitrogens is 2. The highest BCUT2D eigenvalue weighted by Crippen LogP contribution is 2.50. The summed E-state index contributed by atoms with van der Waals surface area (Å²) in [5.41, 5.74) is -3.11. The molecular formula is C23H35N2O12P. The lowest BCUT2D eigenvalue weighted by Crippen LogP contribution is -2.38. The van der Waals surface area contributed by atoms with Gasteiger partial charge in [0.1, 0.15) is 18.3 Å². The molecule has 1 aliphatic rings. The number of ether oxygens (including phenoxy) is 4. The van der Waals surface area contributed by atoms with E-state index in [-0.39, 0.29) is 0 Å². The fraction of sp³-hybridized carbons (Fsp3) is 0.652. The highest BCUT2D eigenvalue weighted by Gasteiger charge is 2.45. The molecule has 0 spiro atoms. The Kier molecular flexibility index (Phi) is 10.4. The van der Waals surface area contributed by atoms with E-state index >= 15 is 0 Å². The largest absolute Gasteiger partial charge is 0.438 e. The van der Waals surface area contributed by atoms with E-state index in [9.17, 15) is 28.8 Å². The maximum Gasteiger partial charge on any atom is 0.359 e. The second kappa shape index (κ2) is 12.5. The lowest BCUT2D eigenvalue weighted by Gasteiger charge is -2.20. The van der Waals surface area contributed by atoms with Gasteiger partial charge < -0.3 is 24.1 Å². The van der Waals surface area contributed by atoms with Crippen molar-refractivity contribution in [1.29, 1.82) is 0 Å². The monoisotopic (exact) mass is 562 g/mol. The maximum absolute atomic E-state index is 13.4. The number of nitrogens with zero attached hydrogens (tertiary/aromatic N) is 1. The van der Waals surface area contributed by atoms with Crippen molar-refractivity contribution in [2.24, 2.45) is 10.8 Å². The first-order valence-electron chi connectivity index (χ1n) is 11.6. The van der Waals surface area contributed by atoms with Gasteiger partial charge in [-0.25, -0.2) is 4.79 Å². The third-order valence-electron chi connectivity index (χ3n) is 5.18. The van der Waals surface area contributed by atoms with Crippen molar-refractivity contribution in [2.45, 2.75) is 66.1 Å². The van der Waals surface area contributed by atoms with Gasteiger partial charge in [-0.2, -0.15) is 0 Å². The van der Waals surface area contributed by atoms with Crippen molar-refractivity contribution >= 4 is 19.5 Å². The summed E-state index contributed by atoms with van der Waals surface area (Å²) in [6, 6.07) is 1.10. The maximum atomic E-state index is 13.4. The van der Waals surface area contributed by atoms with E-state index in [2.05, 4.69) is 4.98 Å². The number of hydrogen-bond acceptors (Lipinski definition) is 12. The molecule has 1 unspecified atom stereocenters. The highest BCUT2D eigenvalue weighted by molar-refractivity contribution is 7.57. The second-order valence-electron chi connectivity index (χ2n) is 10.4. The normalized spacial score (nSPS) is 22.5. The van der Waals surface area contributed by atoms with Gasteiger partial charge in [-0.15, -0.1) is 0 Å². The minimum atomic E-state index is -4.23. The summed E-state index contributed by atoms with van der Waals surface area (Å²) in [6.45, 7) is 8.22. The van der Waals surface area contributed by atoms with Crippen molar-refractivity contribution < 1.29 is 47.3 Å². The molecule has 1 saturated heterocycles. The first-order chi connectivity index (χ1) is 17.5. The molecule has 2 rings (SSSR count). The molecule has 214 valence electrons. The Morgan fingerprint density at radius 1 is 1.08 bits per heavy atom. The van der Waals surface area contributed by atoms with Gasteiger partial charge in [0.25, 0.3) is 5.56 Å². The molecule has 1 aromatic rings. The molecule has 0 radical (unpaired) electrons. The molecule has 0 aliphatic carbocycles. The molecule has 38 heavy (non-hydrogen) atoms. The van der Waals surface area contributed by atoms with E-state index in [1.54, 1.807) is 41.5 Å². The number of esters is 2. The quantitative estimate of drug-likeness (QED) is 0.239. The van der Waals surface area contributed by atoms with Crippen LogP contribution in [-0.2, 0) is 42.1 Å². The number of hydrogen-bond donors (Lipinski definition) is 2. The summed E-state index contributed by atoms with van der Waals surface area (Å²) in [5, 5.41) is 10.7. The van der Waals surface area contributed by atoms with Crippen LogP contribution in [0.2, 0.25) is 0 Å². The minimum absolute atomic E-state index is 0.621. The van der Waals surface area contributed by atoms with Crippen LogP contribution in [-0.4, -0.2) is 65.6 Å². The van der Waals surface area contributed by atoms with Gasteiger partial charge in [0.15, 0.2) is 6.23 Å². The van der Waals surface area contributed by atoms with Crippen molar-refractivity contribution in [3.8, 4) is 0 Å². The summed E-state index contributed by atoms with van der Waals surface area (Å²) in [7, 11) is -2.95. The van der Waals surface area contributed by atoms with Crippen molar-refractivity contribution in [3.05, 3.63) is 45.0 Å². The Balaban J connectivity index is 2.22. The van der Waals surface area contributed by atoms with E-state index in [1.807, 2.05) is 0 Å². The summed E-state index contributed by atoms with van der Waals surface area (Å²) in [5.74, 6) is -0.306. The number of carbonyl (C=O) groups is 2. The number of methoxy groups -OCH3 is 1. The zero-order valence-electron chi connectivity index (χ0n) is 22.4. The summed E-state index contributed by atoms with van der Waals surface area (Å²) in [6.07, 6.45) is -2.36. The Morgan fingerprint density at radius 3 is 2.05 bits per heavy atom. The summed E-state index contributed by atoms with van der Waals surface area (Å²) < 4.78 is 45.8. The van der Waals surface area contributed by atoms with Gasteiger partial charge >= 0.3 is 25.2 Å². The Labute approximate surface area is 219 Å². The fourth-order valence-electron chi connectivity index (χ4n) is 2.99. The highest BCUT2D eigenvalue weighted by atomic mass is 31.2. The third-order valence-corrected chi connectivity index (χ3v) is 6.64. The van der Waals surface area contributed by atoms with E-state index in [1.165, 1.54) is 13.3 Å². The second-order valence-corrected chi connectivity index (χ2v) is 12.3. The molecule has 0 amide bonds. The molecule has 0 bridgehead atoms. The van der Waals surface area contributed by atoms with Crippen LogP contribution in [0.5, 0.6) is 0 Å². The van der Waals surface area contributed by atoms with Crippen LogP contribution in [0.4, 0.5) is 0 Å². The van der Waals surface area contributed by atoms with Crippen LogP contribution in [0.3, 0.4) is 0 Å². The predicted octanol–water partition coefficient (Wildman–Crippen LogP) is 1.64. The van der Waals surface area contributed by atoms with Gasteiger partial charge in [0, 0.05) is 25.2 Å². The van der Waals surface area contributed by atoms with Crippen LogP contribution in [0, 0.1) is 10.8 Å². The molecule has 2 N–H and O–H groups in total. The third kappa shape index (κ3) is 8.45. The number of nitrogens with one attached hydrogen (secondary N) is 1. The SMILES string of the molecule is CO[C@H]1C(O)[C@@H](/C=C\P(=O)(OCOC(=O)C(C)(C)C)OCOC(=O)C(C)(C)C)O[C@H]1n1ccc(=O)[nH]c1=O. The van der Waals surface area contributed by atoms with Gasteiger partial charge in [-0.1, -0.05) is 0 Å². The van der Waals surface area contributed by atoms with Crippen LogP contribution in [0.25, 0.3) is 0 Å². The van der Waals surface area contributed by atoms with Gasteiger partial charge in [0.2, 0.25) is 13.6 Å². The molecule has 2 heterocycles. The molecule has 1 aromatic heterocycles. The minimum Gasteiger partial charge on any atom is -0.438 e. The van der Waals surface area contributed by atoms with Crippen LogP contribution in [0.15, 0.2) is 33.7 Å². The topological polar surface area (TPSA) is 182 Å². The van der Waals surface area contributed by atoms with Crippen LogP contribution < -0.4 is 11.2 Å². The summed E-state index contributed by atoms with van der Waals surface area (Å²) in [4.78, 5) is 49.7. The van der Waals surface area contributed by atoms with Crippen molar-refractivity contribution in [1.82, 2.24) is 9.55 Å². The predicted molar refractivity (Wildman–Crippen MR) is 132 cm³/mol. The number of carbonyl (C=O) groups excluding carboxylic acids is 2. The number of rotatable bonds is 10. The molecule has 1 aliphatic heterocycles. The van der Waals surface area contributed by atoms with Crippen molar-refractivity contribution in [3.63, 3.8) is 0 Å². The lowest BCUT2D eigenvalue weighted by atomic mass is 9.98.